The van der Waals surface area contributed by atoms with Gasteiger partial charge in [0.05, 0.1) is 0 Å². The number of carbonyl (C=O) groups is 1. The first-order chi connectivity index (χ1) is 11.2. The molecule has 1 amide bonds. The number of hydrogen-bond donors (Lipinski definition) is 2. The number of hydrogen-bond acceptors (Lipinski definition) is 4. The lowest BCUT2D eigenvalue weighted by molar-refractivity contribution is -0.154. The van der Waals surface area contributed by atoms with Crippen LogP contribution in [-0.2, 0) is 4.74 Å². The third-order valence-electron chi connectivity index (χ3n) is 5.69. The summed E-state index contributed by atoms with van der Waals surface area (Å²) in [5.74, 6) is 0. The number of nitrogens with one attached hydrogen (secondary N) is 1. The SMILES string of the molecule is CC(C)=CCCC1(C)OC(=O)N(C2CC(C)(C)NC(C)(C)C2)C1(C)O. The van der Waals surface area contributed by atoms with Gasteiger partial charge in [-0.1, -0.05) is 11.6 Å². The van der Waals surface area contributed by atoms with E-state index in [9.17, 15) is 9.90 Å². The van der Waals surface area contributed by atoms with Crippen molar-refractivity contribution in [2.45, 2.75) is 110 Å². The van der Waals surface area contributed by atoms with Crippen LogP contribution in [0.4, 0.5) is 4.79 Å². The van der Waals surface area contributed by atoms with Crippen molar-refractivity contribution >= 4 is 6.09 Å². The number of carbonyl (C=O) groups excluding carboxylic acids is 1. The van der Waals surface area contributed by atoms with Gasteiger partial charge in [0.1, 0.15) is 0 Å². The Bertz CT molecular complexity index is 545. The van der Waals surface area contributed by atoms with Crippen LogP contribution in [0.15, 0.2) is 11.6 Å². The quantitative estimate of drug-likeness (QED) is 0.752. The van der Waals surface area contributed by atoms with E-state index in [1.54, 1.807) is 11.8 Å². The number of cyclic esters (lactones) is 1. The second-order valence-corrected chi connectivity index (χ2v) is 9.76. The molecule has 5 nitrogen and oxygen atoms in total. The van der Waals surface area contributed by atoms with Crippen LogP contribution in [0.5, 0.6) is 0 Å². The predicted octanol–water partition coefficient (Wildman–Crippen LogP) is 3.96. The van der Waals surface area contributed by atoms with E-state index in [0.717, 1.165) is 19.3 Å². The molecule has 0 aliphatic carbocycles. The number of allylic oxidation sites excluding steroid dienone is 2. The minimum Gasteiger partial charge on any atom is -0.438 e. The summed E-state index contributed by atoms with van der Waals surface area (Å²) in [6.07, 6.45) is 4.67. The first kappa shape index (κ1) is 20.2. The largest absolute Gasteiger partial charge is 0.438 e. The van der Waals surface area contributed by atoms with Crippen LogP contribution in [-0.4, -0.2) is 44.5 Å². The highest BCUT2D eigenvalue weighted by atomic mass is 16.6. The lowest BCUT2D eigenvalue weighted by Gasteiger charge is -2.51. The number of rotatable bonds is 4. The lowest BCUT2D eigenvalue weighted by atomic mass is 9.77. The summed E-state index contributed by atoms with van der Waals surface area (Å²) in [6.45, 7) is 16.2. The summed E-state index contributed by atoms with van der Waals surface area (Å²) in [5, 5.41) is 15.0. The van der Waals surface area contributed by atoms with Gasteiger partial charge >= 0.3 is 6.09 Å². The van der Waals surface area contributed by atoms with Gasteiger partial charge in [-0.05, 0) is 81.1 Å². The molecular weight excluding hydrogens is 316 g/mol. The number of ether oxygens (including phenoxy) is 1. The van der Waals surface area contributed by atoms with Gasteiger partial charge in [0.2, 0.25) is 0 Å². The molecule has 0 spiro atoms. The average molecular weight is 353 g/mol. The second-order valence-electron chi connectivity index (χ2n) is 9.76. The molecule has 5 heteroatoms. The standard InChI is InChI=1S/C20H36N2O3/c1-14(2)10-9-11-19(7)20(8,24)22(16(23)25-19)15-12-17(3,4)21-18(5,6)13-15/h10,15,21,24H,9,11-13H2,1-8H3. The first-order valence-corrected chi connectivity index (χ1v) is 9.37. The molecule has 2 unspecified atom stereocenters. The van der Waals surface area contributed by atoms with E-state index in [4.69, 9.17) is 4.74 Å². The highest BCUT2D eigenvalue weighted by molar-refractivity contribution is 5.72. The highest BCUT2D eigenvalue weighted by Crippen LogP contribution is 2.45. The lowest BCUT2D eigenvalue weighted by Crippen LogP contribution is -2.66. The van der Waals surface area contributed by atoms with Crippen molar-refractivity contribution in [3.8, 4) is 0 Å². The molecule has 0 aromatic carbocycles. The first-order valence-electron chi connectivity index (χ1n) is 9.37. The zero-order valence-electron chi connectivity index (χ0n) is 17.2. The van der Waals surface area contributed by atoms with E-state index in [0.29, 0.717) is 6.42 Å². The molecule has 0 bridgehead atoms. The van der Waals surface area contributed by atoms with Gasteiger partial charge in [-0.15, -0.1) is 0 Å². The van der Waals surface area contributed by atoms with Gasteiger partial charge in [0, 0.05) is 17.1 Å². The summed E-state index contributed by atoms with van der Waals surface area (Å²) >= 11 is 0. The molecule has 25 heavy (non-hydrogen) atoms. The molecule has 0 radical (unpaired) electrons. The molecule has 2 aliphatic rings. The Hall–Kier alpha value is -1.07. The van der Waals surface area contributed by atoms with Crippen molar-refractivity contribution in [3.63, 3.8) is 0 Å². The van der Waals surface area contributed by atoms with Crippen molar-refractivity contribution in [1.82, 2.24) is 10.2 Å². The Morgan fingerprint density at radius 2 is 1.72 bits per heavy atom. The average Bonchev–Trinajstić information content (AvgIpc) is 2.50. The zero-order valence-corrected chi connectivity index (χ0v) is 17.2. The fourth-order valence-corrected chi connectivity index (χ4v) is 4.65. The molecule has 2 heterocycles. The van der Waals surface area contributed by atoms with Gasteiger partial charge in [-0.25, -0.2) is 4.79 Å². The monoisotopic (exact) mass is 352 g/mol. The highest BCUT2D eigenvalue weighted by Gasteiger charge is 2.61. The summed E-state index contributed by atoms with van der Waals surface area (Å²) < 4.78 is 5.74. The van der Waals surface area contributed by atoms with Crippen molar-refractivity contribution in [2.75, 3.05) is 0 Å². The predicted molar refractivity (Wildman–Crippen MR) is 100 cm³/mol. The van der Waals surface area contributed by atoms with E-state index in [1.807, 2.05) is 20.8 Å². The van der Waals surface area contributed by atoms with Gasteiger partial charge in [0.25, 0.3) is 0 Å². The van der Waals surface area contributed by atoms with E-state index in [2.05, 4.69) is 39.1 Å². The van der Waals surface area contributed by atoms with Gasteiger partial charge in [-0.3, -0.25) is 4.90 Å². The minimum atomic E-state index is -1.33. The van der Waals surface area contributed by atoms with Crippen LogP contribution >= 0.6 is 0 Å². The molecule has 0 aromatic rings. The normalized spacial score (nSPS) is 34.8. The van der Waals surface area contributed by atoms with Crippen LogP contribution in [0.1, 0.15) is 81.1 Å². The third-order valence-corrected chi connectivity index (χ3v) is 5.69. The maximum Gasteiger partial charge on any atom is 0.413 e. The molecule has 2 saturated heterocycles. The molecule has 0 saturated carbocycles. The smallest absolute Gasteiger partial charge is 0.413 e. The van der Waals surface area contributed by atoms with Crippen LogP contribution in [0.2, 0.25) is 0 Å². The number of amides is 1. The molecule has 2 aliphatic heterocycles. The Morgan fingerprint density at radius 1 is 1.20 bits per heavy atom. The van der Waals surface area contributed by atoms with Crippen molar-refractivity contribution in [2.24, 2.45) is 0 Å². The molecular formula is C20H36N2O3. The molecule has 0 aromatic heterocycles. The van der Waals surface area contributed by atoms with Crippen LogP contribution in [0, 0.1) is 0 Å². The Morgan fingerprint density at radius 3 is 2.20 bits per heavy atom. The summed E-state index contributed by atoms with van der Waals surface area (Å²) in [7, 11) is 0. The summed E-state index contributed by atoms with van der Waals surface area (Å²) in [4.78, 5) is 14.3. The van der Waals surface area contributed by atoms with E-state index in [-0.39, 0.29) is 17.1 Å². The zero-order chi connectivity index (χ0) is 19.3. The fraction of sp³-hybridized carbons (Fsp3) is 0.850. The topological polar surface area (TPSA) is 61.8 Å². The molecule has 2 fully saturated rings. The second kappa shape index (κ2) is 6.27. The van der Waals surface area contributed by atoms with Gasteiger partial charge in [0.15, 0.2) is 11.3 Å². The Balaban J connectivity index is 2.26. The third kappa shape index (κ3) is 4.03. The van der Waals surface area contributed by atoms with Crippen molar-refractivity contribution in [1.29, 1.82) is 0 Å². The van der Waals surface area contributed by atoms with E-state index in [1.165, 1.54) is 5.57 Å². The van der Waals surface area contributed by atoms with E-state index >= 15 is 0 Å². The number of aliphatic hydroxyl groups is 1. The van der Waals surface area contributed by atoms with Crippen molar-refractivity contribution < 1.29 is 14.6 Å². The maximum absolute atomic E-state index is 12.7. The molecule has 2 atom stereocenters. The van der Waals surface area contributed by atoms with Gasteiger partial charge in [-0.2, -0.15) is 0 Å². The minimum absolute atomic E-state index is 0.0565. The van der Waals surface area contributed by atoms with Crippen molar-refractivity contribution in [3.05, 3.63) is 11.6 Å². The number of piperidine rings is 1. The molecule has 2 N–H and O–H groups in total. The Kier molecular flexibility index (Phi) is 5.08. The Labute approximate surface area is 152 Å². The molecule has 144 valence electrons. The maximum atomic E-state index is 12.7. The summed E-state index contributed by atoms with van der Waals surface area (Å²) in [6, 6.07) is -0.0565. The van der Waals surface area contributed by atoms with E-state index < -0.39 is 17.4 Å². The number of nitrogens with zero attached hydrogens (tertiary/aromatic N) is 1. The van der Waals surface area contributed by atoms with Crippen LogP contribution in [0.3, 0.4) is 0 Å². The van der Waals surface area contributed by atoms with Crippen LogP contribution < -0.4 is 5.32 Å². The fourth-order valence-electron chi connectivity index (χ4n) is 4.65. The van der Waals surface area contributed by atoms with Crippen LogP contribution in [0.25, 0.3) is 0 Å². The summed E-state index contributed by atoms with van der Waals surface area (Å²) in [5.41, 5.74) is -1.22. The molecule has 2 rings (SSSR count). The van der Waals surface area contributed by atoms with Gasteiger partial charge < -0.3 is 15.2 Å².